The first-order valence-electron chi connectivity index (χ1n) is 11.1. The summed E-state index contributed by atoms with van der Waals surface area (Å²) < 4.78 is 0. The van der Waals surface area contributed by atoms with Gasteiger partial charge in [0, 0.05) is 24.7 Å². The highest BCUT2D eigenvalue weighted by molar-refractivity contribution is 5.83. The van der Waals surface area contributed by atoms with Crippen LogP contribution in [0, 0.1) is 0 Å². The fourth-order valence-electron chi connectivity index (χ4n) is 3.83. The third-order valence-corrected chi connectivity index (χ3v) is 5.39. The third kappa shape index (κ3) is 7.82. The number of aromatic hydroxyl groups is 2. The van der Waals surface area contributed by atoms with Crippen LogP contribution in [0.5, 0.6) is 11.5 Å². The molecule has 0 spiro atoms. The van der Waals surface area contributed by atoms with Crippen LogP contribution in [0.1, 0.15) is 62.3 Å². The van der Waals surface area contributed by atoms with Crippen LogP contribution in [0.25, 0.3) is 0 Å². The minimum Gasteiger partial charge on any atom is -0.508 e. The van der Waals surface area contributed by atoms with Crippen molar-refractivity contribution >= 4 is 5.91 Å². The molecular weight excluding hydrogens is 408 g/mol. The van der Waals surface area contributed by atoms with E-state index in [-0.39, 0.29) is 48.6 Å². The minimum atomic E-state index is -0.886. The fraction of sp³-hybridized carbons (Fsp3) is 0.480. The Balaban J connectivity index is 2.06. The highest BCUT2D eigenvalue weighted by Gasteiger charge is 2.23. The van der Waals surface area contributed by atoms with Gasteiger partial charge in [-0.2, -0.15) is 0 Å². The fourth-order valence-corrected chi connectivity index (χ4v) is 3.83. The highest BCUT2D eigenvalue weighted by Crippen LogP contribution is 2.26. The monoisotopic (exact) mass is 444 g/mol. The van der Waals surface area contributed by atoms with Crippen LogP contribution in [0.4, 0.5) is 0 Å². The number of β-amino-alcohol motifs (C(OH)–C–C–N with tert-alkyl or cyclic N) is 1. The zero-order valence-electron chi connectivity index (χ0n) is 19.1. The molecule has 0 aliphatic rings. The Bertz CT molecular complexity index is 864. The molecule has 7 heteroatoms. The Morgan fingerprint density at radius 1 is 1.06 bits per heavy atom. The molecule has 6 N–H and O–H groups in total. The summed E-state index contributed by atoms with van der Waals surface area (Å²) in [5.74, 6) is -0.532. The standard InChI is InChI=1S/C25H36N2O5/c1-4-6-22(24(32)26-9-10-28)18-8-5-7-17(11-18)15-25(2,3)27-16-23(31)19-12-20(29)14-21(30)13-19/h5,7-8,11-14,22-23,27-31H,4,6,9-10,15-16H2,1-3H3,(H,26,32). The number of aliphatic hydroxyl groups excluding tert-OH is 2. The quantitative estimate of drug-likeness (QED) is 0.299. The van der Waals surface area contributed by atoms with Crippen LogP contribution in [0.15, 0.2) is 42.5 Å². The van der Waals surface area contributed by atoms with Crippen LogP contribution in [0.2, 0.25) is 0 Å². The van der Waals surface area contributed by atoms with Gasteiger partial charge < -0.3 is 31.1 Å². The SMILES string of the molecule is CCCC(C(=O)NCCO)c1cccc(CC(C)(C)NCC(O)c2cc(O)cc(O)c2)c1. The van der Waals surface area contributed by atoms with Gasteiger partial charge in [-0.25, -0.2) is 0 Å². The number of nitrogens with one attached hydrogen (secondary N) is 2. The number of carbonyl (C=O) groups is 1. The minimum absolute atomic E-state index is 0.0760. The van der Waals surface area contributed by atoms with Gasteiger partial charge in [0.25, 0.3) is 0 Å². The van der Waals surface area contributed by atoms with E-state index in [2.05, 4.69) is 10.6 Å². The molecule has 32 heavy (non-hydrogen) atoms. The van der Waals surface area contributed by atoms with Gasteiger partial charge in [0.05, 0.1) is 18.6 Å². The molecule has 0 aromatic heterocycles. The summed E-state index contributed by atoms with van der Waals surface area (Å²) in [6, 6.07) is 12.1. The van der Waals surface area contributed by atoms with Gasteiger partial charge in [-0.1, -0.05) is 37.6 Å². The number of rotatable bonds is 12. The Kier molecular flexibility index (Phi) is 9.50. The molecule has 0 bridgehead atoms. The summed E-state index contributed by atoms with van der Waals surface area (Å²) in [6.45, 7) is 6.51. The predicted octanol–water partition coefficient (Wildman–Crippen LogP) is 2.73. The summed E-state index contributed by atoms with van der Waals surface area (Å²) in [5.41, 5.74) is 2.10. The molecule has 0 aliphatic heterocycles. The number of hydrogen-bond donors (Lipinski definition) is 6. The van der Waals surface area contributed by atoms with E-state index >= 15 is 0 Å². The lowest BCUT2D eigenvalue weighted by Crippen LogP contribution is -2.43. The van der Waals surface area contributed by atoms with E-state index in [0.29, 0.717) is 12.0 Å². The topological polar surface area (TPSA) is 122 Å². The van der Waals surface area contributed by atoms with E-state index < -0.39 is 6.10 Å². The molecule has 7 nitrogen and oxygen atoms in total. The number of aliphatic hydroxyl groups is 2. The lowest BCUT2D eigenvalue weighted by atomic mass is 9.88. The molecule has 0 saturated heterocycles. The zero-order valence-corrected chi connectivity index (χ0v) is 19.1. The summed E-state index contributed by atoms with van der Waals surface area (Å²) in [7, 11) is 0. The van der Waals surface area contributed by atoms with Crippen LogP contribution in [-0.4, -0.2) is 51.6 Å². The second-order valence-corrected chi connectivity index (χ2v) is 8.84. The molecule has 0 heterocycles. The smallest absolute Gasteiger partial charge is 0.227 e. The molecular formula is C25H36N2O5. The highest BCUT2D eigenvalue weighted by atomic mass is 16.3. The second kappa shape index (κ2) is 11.9. The largest absolute Gasteiger partial charge is 0.508 e. The van der Waals surface area contributed by atoms with Crippen LogP contribution in [-0.2, 0) is 11.2 Å². The molecule has 1 amide bonds. The number of amides is 1. The summed E-state index contributed by atoms with van der Waals surface area (Å²) in [5, 5.41) is 44.8. The number of benzene rings is 2. The molecule has 2 aromatic carbocycles. The first-order chi connectivity index (χ1) is 15.1. The van der Waals surface area contributed by atoms with Crippen LogP contribution < -0.4 is 10.6 Å². The van der Waals surface area contributed by atoms with E-state index in [9.17, 15) is 20.1 Å². The van der Waals surface area contributed by atoms with Gasteiger partial charge in [0.2, 0.25) is 5.91 Å². The van der Waals surface area contributed by atoms with Crippen LogP contribution in [0.3, 0.4) is 0 Å². The maximum absolute atomic E-state index is 12.6. The molecule has 0 radical (unpaired) electrons. The summed E-state index contributed by atoms with van der Waals surface area (Å²) in [4.78, 5) is 12.6. The van der Waals surface area contributed by atoms with Gasteiger partial charge in [0.15, 0.2) is 0 Å². The maximum atomic E-state index is 12.6. The van der Waals surface area contributed by atoms with Crippen molar-refractivity contribution < 1.29 is 25.2 Å². The Hall–Kier alpha value is -2.61. The molecule has 176 valence electrons. The third-order valence-electron chi connectivity index (χ3n) is 5.39. The summed E-state index contributed by atoms with van der Waals surface area (Å²) in [6.07, 6.45) is 1.39. The number of carbonyl (C=O) groups excluding carboxylic acids is 1. The van der Waals surface area contributed by atoms with E-state index in [1.807, 2.05) is 45.0 Å². The average Bonchev–Trinajstić information content (AvgIpc) is 2.73. The second-order valence-electron chi connectivity index (χ2n) is 8.84. The number of hydrogen-bond acceptors (Lipinski definition) is 6. The van der Waals surface area contributed by atoms with E-state index in [1.54, 1.807) is 0 Å². The Morgan fingerprint density at radius 3 is 2.38 bits per heavy atom. The van der Waals surface area contributed by atoms with Crippen molar-refractivity contribution in [3.05, 3.63) is 59.2 Å². The van der Waals surface area contributed by atoms with Crippen molar-refractivity contribution in [1.29, 1.82) is 0 Å². The zero-order chi connectivity index (χ0) is 23.7. The van der Waals surface area contributed by atoms with Crippen molar-refractivity contribution in [2.24, 2.45) is 0 Å². The van der Waals surface area contributed by atoms with Crippen molar-refractivity contribution in [2.75, 3.05) is 19.7 Å². The molecule has 0 aliphatic carbocycles. The van der Waals surface area contributed by atoms with Gasteiger partial charge in [0.1, 0.15) is 11.5 Å². The lowest BCUT2D eigenvalue weighted by Gasteiger charge is -2.28. The number of phenolic OH excluding ortho intramolecular Hbond substituents is 2. The molecule has 0 fully saturated rings. The first kappa shape index (κ1) is 25.6. The normalized spacial score (nSPS) is 13.5. The first-order valence-corrected chi connectivity index (χ1v) is 11.1. The Labute approximate surface area is 190 Å². The van der Waals surface area contributed by atoms with Gasteiger partial charge in [-0.05, 0) is 55.5 Å². The maximum Gasteiger partial charge on any atom is 0.227 e. The van der Waals surface area contributed by atoms with Gasteiger partial charge >= 0.3 is 0 Å². The molecule has 2 rings (SSSR count). The van der Waals surface area contributed by atoms with Crippen molar-refractivity contribution in [3.8, 4) is 11.5 Å². The van der Waals surface area contributed by atoms with Gasteiger partial charge in [-0.3, -0.25) is 4.79 Å². The molecule has 2 unspecified atom stereocenters. The van der Waals surface area contributed by atoms with Crippen molar-refractivity contribution in [3.63, 3.8) is 0 Å². The van der Waals surface area contributed by atoms with Crippen molar-refractivity contribution in [1.82, 2.24) is 10.6 Å². The molecule has 0 saturated carbocycles. The predicted molar refractivity (Wildman–Crippen MR) is 125 cm³/mol. The number of phenols is 2. The molecule has 2 atom stereocenters. The summed E-state index contributed by atoms with van der Waals surface area (Å²) >= 11 is 0. The van der Waals surface area contributed by atoms with Gasteiger partial charge in [-0.15, -0.1) is 0 Å². The van der Waals surface area contributed by atoms with E-state index in [4.69, 9.17) is 5.11 Å². The van der Waals surface area contributed by atoms with Crippen LogP contribution >= 0.6 is 0 Å². The Morgan fingerprint density at radius 2 is 1.75 bits per heavy atom. The lowest BCUT2D eigenvalue weighted by molar-refractivity contribution is -0.122. The average molecular weight is 445 g/mol. The van der Waals surface area contributed by atoms with E-state index in [1.165, 1.54) is 18.2 Å². The van der Waals surface area contributed by atoms with E-state index in [0.717, 1.165) is 24.0 Å². The molecule has 2 aromatic rings. The van der Waals surface area contributed by atoms with Crippen molar-refractivity contribution in [2.45, 2.75) is 57.6 Å².